The van der Waals surface area contributed by atoms with Crippen LogP contribution in [-0.4, -0.2) is 28.6 Å². The van der Waals surface area contributed by atoms with Gasteiger partial charge in [-0.05, 0) is 18.2 Å². The number of benzene rings is 1. The number of rotatable bonds is 4. The first-order valence-electron chi connectivity index (χ1n) is 6.20. The zero-order chi connectivity index (χ0) is 17.0. The molecule has 2 rings (SSSR count). The van der Waals surface area contributed by atoms with E-state index >= 15 is 0 Å². The summed E-state index contributed by atoms with van der Waals surface area (Å²) >= 11 is 3.08. The molecule has 0 unspecified atom stereocenters. The monoisotopic (exact) mass is 384 g/mol. The smallest absolute Gasteiger partial charge is 0.339 e. The van der Waals surface area contributed by atoms with E-state index in [0.717, 1.165) is 12.1 Å². The lowest BCUT2D eigenvalue weighted by molar-refractivity contribution is -0.119. The number of carbonyl (C=O) groups excluding carboxylic acids is 2. The van der Waals surface area contributed by atoms with Crippen molar-refractivity contribution in [1.82, 2.24) is 4.98 Å². The number of nitrogens with one attached hydrogen (secondary N) is 2. The summed E-state index contributed by atoms with van der Waals surface area (Å²) in [7, 11) is 0. The molecule has 1 amide bonds. The molecule has 23 heavy (non-hydrogen) atoms. The number of aromatic amines is 1. The molecule has 7 nitrogen and oxygen atoms in total. The second-order valence-corrected chi connectivity index (χ2v) is 5.28. The maximum atomic E-state index is 13.5. The third-order valence-electron chi connectivity index (χ3n) is 2.61. The minimum absolute atomic E-state index is 0.0666. The van der Waals surface area contributed by atoms with E-state index < -0.39 is 35.7 Å². The highest BCUT2D eigenvalue weighted by molar-refractivity contribution is 9.10. The van der Waals surface area contributed by atoms with Gasteiger partial charge >= 0.3 is 5.97 Å². The predicted molar refractivity (Wildman–Crippen MR) is 81.7 cm³/mol. The van der Waals surface area contributed by atoms with Gasteiger partial charge in [0.15, 0.2) is 12.5 Å². The number of pyridine rings is 1. The number of halogens is 2. The zero-order valence-electron chi connectivity index (χ0n) is 11.4. The van der Waals surface area contributed by atoms with Crippen molar-refractivity contribution >= 4 is 33.5 Å². The predicted octanol–water partition coefficient (Wildman–Crippen LogP) is 1.78. The van der Waals surface area contributed by atoms with Gasteiger partial charge in [-0.1, -0.05) is 15.9 Å². The molecule has 0 saturated carbocycles. The molecule has 0 aliphatic rings. The average Bonchev–Trinajstić information content (AvgIpc) is 2.46. The minimum atomic E-state index is -0.974. The number of ether oxygens (including phenoxy) is 1. The Morgan fingerprint density at radius 1 is 1.30 bits per heavy atom. The Morgan fingerprint density at radius 3 is 2.70 bits per heavy atom. The van der Waals surface area contributed by atoms with Gasteiger partial charge in [-0.25, -0.2) is 9.18 Å². The molecule has 0 fully saturated rings. The quantitative estimate of drug-likeness (QED) is 0.696. The van der Waals surface area contributed by atoms with Gasteiger partial charge < -0.3 is 15.2 Å². The zero-order valence-corrected chi connectivity index (χ0v) is 13.0. The summed E-state index contributed by atoms with van der Waals surface area (Å²) in [5, 5.41) is 11.4. The Kier molecular flexibility index (Phi) is 5.12. The number of hydrogen-bond donors (Lipinski definition) is 3. The molecule has 120 valence electrons. The molecule has 2 aromatic rings. The first-order chi connectivity index (χ1) is 10.8. The first-order valence-corrected chi connectivity index (χ1v) is 7.00. The van der Waals surface area contributed by atoms with Gasteiger partial charge in [0.2, 0.25) is 0 Å². The molecule has 1 aromatic carbocycles. The maximum Gasteiger partial charge on any atom is 0.339 e. The van der Waals surface area contributed by atoms with Crippen molar-refractivity contribution in [2.45, 2.75) is 0 Å². The summed E-state index contributed by atoms with van der Waals surface area (Å²) in [6.07, 6.45) is 0. The van der Waals surface area contributed by atoms with Crippen LogP contribution >= 0.6 is 15.9 Å². The molecular formula is C14H10BrFN2O5. The van der Waals surface area contributed by atoms with Crippen molar-refractivity contribution in [3.05, 3.63) is 56.5 Å². The van der Waals surface area contributed by atoms with E-state index in [9.17, 15) is 23.9 Å². The van der Waals surface area contributed by atoms with E-state index in [0.29, 0.717) is 4.47 Å². The van der Waals surface area contributed by atoms with Crippen LogP contribution in [0.3, 0.4) is 0 Å². The topological polar surface area (TPSA) is 108 Å². The van der Waals surface area contributed by atoms with Gasteiger partial charge in [-0.2, -0.15) is 0 Å². The van der Waals surface area contributed by atoms with Gasteiger partial charge in [-0.15, -0.1) is 0 Å². The Morgan fingerprint density at radius 2 is 2.04 bits per heavy atom. The normalized spacial score (nSPS) is 10.2. The molecule has 0 atom stereocenters. The molecule has 1 heterocycles. The Hall–Kier alpha value is -2.68. The summed E-state index contributed by atoms with van der Waals surface area (Å²) in [5.74, 6) is -2.89. The minimum Gasteiger partial charge on any atom is -0.494 e. The summed E-state index contributed by atoms with van der Waals surface area (Å²) in [5.41, 5.74) is -0.977. The third kappa shape index (κ3) is 4.65. The van der Waals surface area contributed by atoms with Gasteiger partial charge in [0, 0.05) is 16.6 Å². The van der Waals surface area contributed by atoms with E-state index in [1.165, 1.54) is 18.2 Å². The molecule has 0 bridgehead atoms. The first kappa shape index (κ1) is 16.7. The number of amides is 1. The lowest BCUT2D eigenvalue weighted by atomic mass is 10.2. The van der Waals surface area contributed by atoms with Crippen molar-refractivity contribution < 1.29 is 23.8 Å². The number of aromatic hydroxyl groups is 1. The van der Waals surface area contributed by atoms with Crippen LogP contribution in [0.2, 0.25) is 0 Å². The number of H-pyrrole nitrogens is 1. The Bertz CT molecular complexity index is 821. The summed E-state index contributed by atoms with van der Waals surface area (Å²) in [6.45, 7) is -0.679. The molecule has 0 saturated heterocycles. The van der Waals surface area contributed by atoms with Gasteiger partial charge in [0.1, 0.15) is 5.82 Å². The van der Waals surface area contributed by atoms with Crippen molar-refractivity contribution in [1.29, 1.82) is 0 Å². The van der Waals surface area contributed by atoms with E-state index in [4.69, 9.17) is 0 Å². The molecular weight excluding hydrogens is 375 g/mol. The lowest BCUT2D eigenvalue weighted by Crippen LogP contribution is -2.22. The summed E-state index contributed by atoms with van der Waals surface area (Å²) < 4.78 is 18.7. The van der Waals surface area contributed by atoms with Crippen LogP contribution in [0.15, 0.2) is 39.6 Å². The van der Waals surface area contributed by atoms with Gasteiger partial charge in [-0.3, -0.25) is 14.6 Å². The number of aromatic nitrogens is 1. The second kappa shape index (κ2) is 7.05. The van der Waals surface area contributed by atoms with E-state index in [-0.39, 0.29) is 11.3 Å². The van der Waals surface area contributed by atoms with Crippen molar-refractivity contribution in [2.24, 2.45) is 0 Å². The Balaban J connectivity index is 1.96. The van der Waals surface area contributed by atoms with Gasteiger partial charge in [0.05, 0.1) is 11.3 Å². The number of hydrogen-bond acceptors (Lipinski definition) is 5. The molecule has 0 spiro atoms. The highest BCUT2D eigenvalue weighted by Gasteiger charge is 2.13. The maximum absolute atomic E-state index is 13.5. The lowest BCUT2D eigenvalue weighted by Gasteiger charge is -2.07. The molecule has 0 aliphatic carbocycles. The van der Waals surface area contributed by atoms with Crippen LogP contribution in [0.4, 0.5) is 10.1 Å². The van der Waals surface area contributed by atoms with Crippen molar-refractivity contribution in [2.75, 3.05) is 11.9 Å². The van der Waals surface area contributed by atoms with Crippen LogP contribution in [0.5, 0.6) is 5.88 Å². The van der Waals surface area contributed by atoms with E-state index in [1.807, 2.05) is 4.98 Å². The SMILES string of the molecule is O=C(COC(=O)c1cc(O)[nH]c(=O)c1)Nc1ccc(Br)cc1F. The van der Waals surface area contributed by atoms with E-state index in [1.54, 1.807) is 0 Å². The fourth-order valence-electron chi connectivity index (χ4n) is 1.64. The van der Waals surface area contributed by atoms with Crippen LogP contribution in [0.1, 0.15) is 10.4 Å². The number of carbonyl (C=O) groups is 2. The summed E-state index contributed by atoms with van der Waals surface area (Å²) in [6, 6.07) is 5.93. The fraction of sp³-hybridized carbons (Fsp3) is 0.0714. The van der Waals surface area contributed by atoms with Crippen LogP contribution in [-0.2, 0) is 9.53 Å². The molecule has 0 aliphatic heterocycles. The Labute approximate surface area is 137 Å². The van der Waals surface area contributed by atoms with Crippen LogP contribution in [0, 0.1) is 5.82 Å². The third-order valence-corrected chi connectivity index (χ3v) is 3.10. The number of esters is 1. The van der Waals surface area contributed by atoms with Crippen LogP contribution < -0.4 is 10.9 Å². The average molecular weight is 385 g/mol. The second-order valence-electron chi connectivity index (χ2n) is 4.37. The highest BCUT2D eigenvalue weighted by Crippen LogP contribution is 2.19. The van der Waals surface area contributed by atoms with Crippen molar-refractivity contribution in [3.8, 4) is 5.88 Å². The van der Waals surface area contributed by atoms with E-state index in [2.05, 4.69) is 26.0 Å². The van der Waals surface area contributed by atoms with Crippen molar-refractivity contribution in [3.63, 3.8) is 0 Å². The molecule has 9 heteroatoms. The highest BCUT2D eigenvalue weighted by atomic mass is 79.9. The molecule has 3 N–H and O–H groups in total. The van der Waals surface area contributed by atoms with Gasteiger partial charge in [0.25, 0.3) is 11.5 Å². The molecule has 1 aromatic heterocycles. The summed E-state index contributed by atoms with van der Waals surface area (Å²) in [4.78, 5) is 36.5. The largest absolute Gasteiger partial charge is 0.494 e. The number of anilines is 1. The molecule has 0 radical (unpaired) electrons. The van der Waals surface area contributed by atoms with Crippen LogP contribution in [0.25, 0.3) is 0 Å². The fourth-order valence-corrected chi connectivity index (χ4v) is 1.97. The standard InChI is InChI=1S/C14H10BrFN2O5/c15-8-1-2-10(9(16)5-8)17-13(21)6-23-14(22)7-3-11(19)18-12(20)4-7/h1-5H,6H2,(H,17,21)(H2,18,19,20).